The summed E-state index contributed by atoms with van der Waals surface area (Å²) in [4.78, 5) is 16.4. The van der Waals surface area contributed by atoms with E-state index in [0.717, 1.165) is 5.69 Å². The third-order valence-corrected chi connectivity index (χ3v) is 9.92. The zero-order valence-electron chi connectivity index (χ0n) is 24.4. The molecule has 1 N–H and O–H groups in total. The number of aliphatic hydroxyl groups is 1. The number of pyridine rings is 1. The summed E-state index contributed by atoms with van der Waals surface area (Å²) in [6.45, 7) is 15.8. The summed E-state index contributed by atoms with van der Waals surface area (Å²) >= 11 is 0.364. The summed E-state index contributed by atoms with van der Waals surface area (Å²) in [5.41, 5.74) is 4.20. The first-order valence-electron chi connectivity index (χ1n) is 13.4. The predicted octanol–water partition coefficient (Wildman–Crippen LogP) is 8.79. The van der Waals surface area contributed by atoms with E-state index in [1.807, 2.05) is 47.7 Å². The van der Waals surface area contributed by atoms with Gasteiger partial charge in [-0.05, 0) is 0 Å². The summed E-state index contributed by atoms with van der Waals surface area (Å²) in [6.07, 6.45) is 3.31. The van der Waals surface area contributed by atoms with Crippen LogP contribution in [0.25, 0.3) is 41.3 Å². The van der Waals surface area contributed by atoms with Crippen LogP contribution in [0.4, 0.5) is 0 Å². The number of aromatic nitrogens is 1. The Morgan fingerprint density at radius 1 is 0.925 bits per heavy atom. The fourth-order valence-electron chi connectivity index (χ4n) is 5.21. The average Bonchev–Trinajstić information content (AvgIpc) is 3.22. The first-order chi connectivity index (χ1) is 18.2. The number of benzene rings is 3. The predicted molar refractivity (Wildman–Crippen MR) is 165 cm³/mol. The largest absolute Gasteiger partial charge is 0 e. The molecule has 209 valence electrons. The Labute approximate surface area is 256 Å². The molecule has 0 saturated heterocycles. The quantitative estimate of drug-likeness (QED) is 0.0803. The molecule has 3 nitrogen and oxygen atoms in total. The average molecular weight is 774 g/mol. The third-order valence-electron chi connectivity index (χ3n) is 7.57. The summed E-state index contributed by atoms with van der Waals surface area (Å²) in [7, 11) is 0. The molecule has 0 bridgehead atoms. The zero-order valence-corrected chi connectivity index (χ0v) is 28.5. The summed E-state index contributed by atoms with van der Waals surface area (Å²) in [6, 6.07) is 23.5. The molecule has 2 aromatic heterocycles. The Balaban J connectivity index is 0.000000229. The van der Waals surface area contributed by atoms with Gasteiger partial charge >= 0.3 is 158 Å². The third kappa shape index (κ3) is 5.26. The van der Waals surface area contributed by atoms with Crippen LogP contribution in [0.3, 0.4) is 0 Å². The number of carbonyl (C=O) groups excluding carboxylic acids is 1. The summed E-state index contributed by atoms with van der Waals surface area (Å²) in [5, 5.41) is 14.9. The topological polar surface area (TPSA) is 50.2 Å². The molecule has 1 aliphatic carbocycles. The van der Waals surface area contributed by atoms with Gasteiger partial charge in [0.05, 0.1) is 0 Å². The minimum Gasteiger partial charge on any atom is 0 e. The monoisotopic (exact) mass is 775 g/mol. The van der Waals surface area contributed by atoms with Crippen LogP contribution in [-0.4, -0.2) is 30.4 Å². The molecule has 5 aromatic rings. The van der Waals surface area contributed by atoms with E-state index in [9.17, 15) is 9.90 Å². The standard InChI is InChI=1S/C24H16NSe.C11H20O2.Ir/c1-24(2)17-8-5-9-18-20(17)21-19(26-18)12-13-25-23(21)16-11-10-14-6-3-4-7-15(14)22(16)24;1-10(2,3)8(12)7-9(13)11(4,5)6;/h3-10,12-13H,1-2H3;7,12H,1-6H3;/q-1;;/b;8-7-;. The molecule has 5 heteroatoms. The van der Waals surface area contributed by atoms with Crippen LogP contribution in [0.1, 0.15) is 66.5 Å². The number of carbonyl (C=O) groups is 1. The van der Waals surface area contributed by atoms with Crippen LogP contribution in [0.5, 0.6) is 0 Å². The summed E-state index contributed by atoms with van der Waals surface area (Å²) in [5.74, 6) is 0.104. The number of hydrogen-bond acceptors (Lipinski definition) is 3. The minimum atomic E-state index is -0.417. The second-order valence-corrected chi connectivity index (χ2v) is 15.2. The molecular formula is C35H36IrNO2Se-. The number of aliphatic hydroxyl groups excluding tert-OH is 1. The number of rotatable bonds is 1. The van der Waals surface area contributed by atoms with Gasteiger partial charge in [-0.1, -0.05) is 41.5 Å². The van der Waals surface area contributed by atoms with Crippen molar-refractivity contribution < 1.29 is 30.0 Å². The Morgan fingerprint density at radius 3 is 2.27 bits per heavy atom. The molecule has 0 aliphatic heterocycles. The van der Waals surface area contributed by atoms with E-state index in [4.69, 9.17) is 4.98 Å². The van der Waals surface area contributed by atoms with E-state index in [0.29, 0.717) is 14.5 Å². The van der Waals surface area contributed by atoms with Crippen molar-refractivity contribution in [2.24, 2.45) is 10.8 Å². The first-order valence-corrected chi connectivity index (χ1v) is 15.1. The fraction of sp³-hybridized carbons (Fsp3) is 0.314. The van der Waals surface area contributed by atoms with E-state index in [1.165, 1.54) is 52.8 Å². The fourth-order valence-corrected chi connectivity index (χ4v) is 7.57. The Bertz CT molecular complexity index is 1780. The molecule has 0 amide bonds. The van der Waals surface area contributed by atoms with Gasteiger partial charge in [0.1, 0.15) is 5.76 Å². The van der Waals surface area contributed by atoms with Gasteiger partial charge in [0.15, 0.2) is 5.78 Å². The van der Waals surface area contributed by atoms with Crippen LogP contribution in [-0.2, 0) is 30.3 Å². The van der Waals surface area contributed by atoms with Crippen molar-refractivity contribution in [2.45, 2.75) is 60.8 Å². The maximum Gasteiger partial charge on any atom is 0 e. The van der Waals surface area contributed by atoms with Crippen molar-refractivity contribution in [1.82, 2.24) is 4.98 Å². The molecule has 3 aromatic carbocycles. The Kier molecular flexibility index (Phi) is 8.13. The number of hydrogen-bond donors (Lipinski definition) is 1. The maximum atomic E-state index is 11.5. The second-order valence-electron chi connectivity index (χ2n) is 13.0. The van der Waals surface area contributed by atoms with E-state index < -0.39 is 5.41 Å². The van der Waals surface area contributed by atoms with E-state index in [2.05, 4.69) is 74.5 Å². The van der Waals surface area contributed by atoms with Crippen molar-refractivity contribution in [3.63, 3.8) is 0 Å². The van der Waals surface area contributed by atoms with Crippen LogP contribution < -0.4 is 0 Å². The van der Waals surface area contributed by atoms with Crippen LogP contribution in [0.2, 0.25) is 0 Å². The SMILES string of the molecule is CC(C)(C)C(=O)/C=C(\O)C(C)(C)C.CC1(C)c2c([c-]cc3ccccc23)-c2nccc3[se]c4cccc1c4c23.[Ir]. The van der Waals surface area contributed by atoms with Gasteiger partial charge in [-0.2, -0.15) is 0 Å². The van der Waals surface area contributed by atoms with Crippen molar-refractivity contribution in [2.75, 3.05) is 0 Å². The molecule has 40 heavy (non-hydrogen) atoms. The normalized spacial score (nSPS) is 14.3. The van der Waals surface area contributed by atoms with E-state index in [1.54, 1.807) is 0 Å². The molecule has 0 spiro atoms. The Morgan fingerprint density at radius 2 is 1.60 bits per heavy atom. The smallest absolute Gasteiger partial charge is 0 e. The van der Waals surface area contributed by atoms with E-state index >= 15 is 0 Å². The molecule has 1 radical (unpaired) electrons. The molecule has 0 fully saturated rings. The molecule has 0 unspecified atom stereocenters. The van der Waals surface area contributed by atoms with Crippen LogP contribution in [0.15, 0.2) is 72.6 Å². The van der Waals surface area contributed by atoms with Gasteiger partial charge in [0.25, 0.3) is 0 Å². The molecule has 0 atom stereocenters. The van der Waals surface area contributed by atoms with Crippen molar-refractivity contribution in [3.05, 3.63) is 89.8 Å². The van der Waals surface area contributed by atoms with Gasteiger partial charge < -0.3 is 5.11 Å². The van der Waals surface area contributed by atoms with Crippen molar-refractivity contribution >= 4 is 50.4 Å². The van der Waals surface area contributed by atoms with Crippen LogP contribution in [0, 0.1) is 16.9 Å². The Hall–Kier alpha value is -2.55. The zero-order chi connectivity index (χ0) is 28.3. The number of nitrogens with zero attached hydrogens (tertiary/aromatic N) is 1. The molecule has 2 heterocycles. The second kappa shape index (κ2) is 10.7. The van der Waals surface area contributed by atoms with Gasteiger partial charge in [0.2, 0.25) is 0 Å². The van der Waals surface area contributed by atoms with Crippen molar-refractivity contribution in [3.8, 4) is 11.3 Å². The van der Waals surface area contributed by atoms with E-state index in [-0.39, 0.29) is 42.5 Å². The maximum absolute atomic E-state index is 11.5. The number of fused-ring (bicyclic) bond motifs is 4. The van der Waals surface area contributed by atoms with Gasteiger partial charge in [0, 0.05) is 37.0 Å². The van der Waals surface area contributed by atoms with Gasteiger partial charge in [-0.25, -0.2) is 0 Å². The molecule has 1 aliphatic rings. The van der Waals surface area contributed by atoms with Gasteiger partial charge in [-0.3, -0.25) is 4.79 Å². The number of ketones is 1. The molecule has 0 saturated carbocycles. The number of allylic oxidation sites excluding steroid dienone is 2. The van der Waals surface area contributed by atoms with Gasteiger partial charge in [-0.15, -0.1) is 0 Å². The first kappa shape index (κ1) is 30.4. The molecular weight excluding hydrogens is 738 g/mol. The van der Waals surface area contributed by atoms with Crippen molar-refractivity contribution in [1.29, 1.82) is 0 Å². The summed E-state index contributed by atoms with van der Waals surface area (Å²) < 4.78 is 2.94. The minimum absolute atomic E-state index is 0. The van der Waals surface area contributed by atoms with Crippen LogP contribution >= 0.6 is 0 Å². The molecule has 6 rings (SSSR count).